The predicted octanol–water partition coefficient (Wildman–Crippen LogP) is 1.87. The topological polar surface area (TPSA) is 46.2 Å². The molecule has 2 rings (SSSR count). The molecule has 0 radical (unpaired) electrons. The second kappa shape index (κ2) is 3.85. The number of amides is 1. The number of fused-ring (bicyclic) bond motifs is 1. The zero-order chi connectivity index (χ0) is 10.8. The Hall–Kier alpha value is -1.64. The van der Waals surface area contributed by atoms with Gasteiger partial charge in [0.2, 0.25) is 5.91 Å². The Kier molecular flexibility index (Phi) is 2.54. The summed E-state index contributed by atoms with van der Waals surface area (Å²) in [6.45, 7) is 1.89. The smallest absolute Gasteiger partial charge is 0.231 e. The van der Waals surface area contributed by atoms with Crippen LogP contribution in [-0.2, 0) is 16.0 Å². The number of hydrogen-bond donors (Lipinski definition) is 1. The summed E-state index contributed by atoms with van der Waals surface area (Å²) in [5, 5.41) is 2.82. The molecule has 0 aliphatic carbocycles. The lowest BCUT2D eigenvalue weighted by Gasteiger charge is -2.04. The zero-order valence-electron chi connectivity index (χ0n) is 8.62. The van der Waals surface area contributed by atoms with E-state index in [1.807, 2.05) is 25.1 Å². The summed E-state index contributed by atoms with van der Waals surface area (Å²) in [7, 11) is 0. The summed E-state index contributed by atoms with van der Waals surface area (Å²) >= 11 is 0. The minimum absolute atomic E-state index is 0.0533. The molecular formula is C12H13NO2. The number of anilines is 1. The molecule has 1 aliphatic rings. The fourth-order valence-corrected chi connectivity index (χ4v) is 1.85. The van der Waals surface area contributed by atoms with Crippen LogP contribution in [0.5, 0.6) is 0 Å². The summed E-state index contributed by atoms with van der Waals surface area (Å²) in [4.78, 5) is 21.7. The SMILES string of the molecule is CC1C(=O)Nc2ccc(CCC=O)cc21. The molecule has 1 heterocycles. The first-order chi connectivity index (χ1) is 7.22. The second-order valence-corrected chi connectivity index (χ2v) is 3.84. The van der Waals surface area contributed by atoms with Crippen molar-refractivity contribution in [3.63, 3.8) is 0 Å². The standard InChI is InChI=1S/C12H13NO2/c1-8-10-7-9(3-2-6-14)4-5-11(10)13-12(8)15/h4-8H,2-3H2,1H3,(H,13,15). The van der Waals surface area contributed by atoms with Crippen LogP contribution < -0.4 is 5.32 Å². The van der Waals surface area contributed by atoms with Crippen molar-refractivity contribution in [1.82, 2.24) is 0 Å². The van der Waals surface area contributed by atoms with E-state index in [1.165, 1.54) is 0 Å². The summed E-state index contributed by atoms with van der Waals surface area (Å²) in [5.41, 5.74) is 3.06. The maximum Gasteiger partial charge on any atom is 0.231 e. The molecule has 1 aromatic carbocycles. The van der Waals surface area contributed by atoms with Crippen LogP contribution in [0, 0.1) is 0 Å². The molecule has 78 valence electrons. The Morgan fingerprint density at radius 2 is 2.27 bits per heavy atom. The van der Waals surface area contributed by atoms with Gasteiger partial charge in [-0.2, -0.15) is 0 Å². The van der Waals surface area contributed by atoms with E-state index in [2.05, 4.69) is 5.32 Å². The van der Waals surface area contributed by atoms with Gasteiger partial charge in [-0.25, -0.2) is 0 Å². The molecule has 1 N–H and O–H groups in total. The first kappa shape index (κ1) is 9.90. The number of benzene rings is 1. The van der Waals surface area contributed by atoms with E-state index >= 15 is 0 Å². The molecule has 1 atom stereocenters. The molecule has 3 nitrogen and oxygen atoms in total. The maximum atomic E-state index is 11.4. The van der Waals surface area contributed by atoms with Gasteiger partial charge in [-0.15, -0.1) is 0 Å². The summed E-state index contributed by atoms with van der Waals surface area (Å²) < 4.78 is 0. The minimum Gasteiger partial charge on any atom is -0.325 e. The van der Waals surface area contributed by atoms with Gasteiger partial charge in [0.25, 0.3) is 0 Å². The van der Waals surface area contributed by atoms with Gasteiger partial charge in [0.05, 0.1) is 5.92 Å². The Bertz CT molecular complexity index is 412. The van der Waals surface area contributed by atoms with Gasteiger partial charge in [-0.05, 0) is 30.5 Å². The molecular weight excluding hydrogens is 190 g/mol. The van der Waals surface area contributed by atoms with Crippen LogP contribution in [0.25, 0.3) is 0 Å². The number of carbonyl (C=O) groups is 2. The summed E-state index contributed by atoms with van der Waals surface area (Å²) in [6, 6.07) is 5.89. The van der Waals surface area contributed by atoms with Gasteiger partial charge < -0.3 is 10.1 Å². The molecule has 0 saturated heterocycles. The lowest BCUT2D eigenvalue weighted by Crippen LogP contribution is -2.08. The van der Waals surface area contributed by atoms with Crippen molar-refractivity contribution in [3.05, 3.63) is 29.3 Å². The van der Waals surface area contributed by atoms with Crippen molar-refractivity contribution in [2.24, 2.45) is 0 Å². The van der Waals surface area contributed by atoms with E-state index in [4.69, 9.17) is 0 Å². The van der Waals surface area contributed by atoms with Gasteiger partial charge in [-0.1, -0.05) is 12.1 Å². The van der Waals surface area contributed by atoms with E-state index in [0.717, 1.165) is 29.5 Å². The molecule has 15 heavy (non-hydrogen) atoms. The Balaban J connectivity index is 2.27. The first-order valence-electron chi connectivity index (χ1n) is 5.09. The number of aldehydes is 1. The van der Waals surface area contributed by atoms with Gasteiger partial charge in [0, 0.05) is 12.1 Å². The van der Waals surface area contributed by atoms with E-state index in [9.17, 15) is 9.59 Å². The minimum atomic E-state index is -0.0730. The monoisotopic (exact) mass is 203 g/mol. The lowest BCUT2D eigenvalue weighted by molar-refractivity contribution is -0.116. The van der Waals surface area contributed by atoms with Crippen molar-refractivity contribution >= 4 is 17.9 Å². The van der Waals surface area contributed by atoms with Crippen LogP contribution in [0.4, 0.5) is 5.69 Å². The highest BCUT2D eigenvalue weighted by Crippen LogP contribution is 2.32. The first-order valence-corrected chi connectivity index (χ1v) is 5.09. The summed E-state index contributed by atoms with van der Waals surface area (Å²) in [6.07, 6.45) is 2.20. The van der Waals surface area contributed by atoms with Crippen molar-refractivity contribution in [1.29, 1.82) is 0 Å². The number of nitrogens with one attached hydrogen (secondary N) is 1. The fraction of sp³-hybridized carbons (Fsp3) is 0.333. The van der Waals surface area contributed by atoms with Gasteiger partial charge in [0.15, 0.2) is 0 Å². The molecule has 0 spiro atoms. The Labute approximate surface area is 88.5 Å². The average Bonchev–Trinajstić information content (AvgIpc) is 2.52. The Morgan fingerprint density at radius 3 is 3.00 bits per heavy atom. The molecule has 1 aliphatic heterocycles. The predicted molar refractivity (Wildman–Crippen MR) is 57.9 cm³/mol. The third-order valence-electron chi connectivity index (χ3n) is 2.78. The molecule has 1 aromatic rings. The van der Waals surface area contributed by atoms with Crippen LogP contribution in [0.15, 0.2) is 18.2 Å². The normalized spacial score (nSPS) is 18.5. The number of aryl methyl sites for hydroxylation is 1. The van der Waals surface area contributed by atoms with Crippen LogP contribution >= 0.6 is 0 Å². The highest BCUT2D eigenvalue weighted by Gasteiger charge is 2.26. The third-order valence-corrected chi connectivity index (χ3v) is 2.78. The van der Waals surface area contributed by atoms with Crippen LogP contribution in [0.2, 0.25) is 0 Å². The number of rotatable bonds is 3. The number of carbonyl (C=O) groups excluding carboxylic acids is 2. The van der Waals surface area contributed by atoms with Crippen LogP contribution in [-0.4, -0.2) is 12.2 Å². The maximum absolute atomic E-state index is 11.4. The molecule has 0 bridgehead atoms. The van der Waals surface area contributed by atoms with E-state index in [-0.39, 0.29) is 11.8 Å². The van der Waals surface area contributed by atoms with Crippen LogP contribution in [0.1, 0.15) is 30.4 Å². The third kappa shape index (κ3) is 1.77. The Morgan fingerprint density at radius 1 is 1.47 bits per heavy atom. The molecule has 0 saturated carbocycles. The highest BCUT2D eigenvalue weighted by atomic mass is 16.2. The average molecular weight is 203 g/mol. The van der Waals surface area contributed by atoms with E-state index < -0.39 is 0 Å². The summed E-state index contributed by atoms with van der Waals surface area (Å²) in [5.74, 6) is -0.0197. The number of hydrogen-bond acceptors (Lipinski definition) is 2. The van der Waals surface area contributed by atoms with Crippen molar-refractivity contribution < 1.29 is 9.59 Å². The fourth-order valence-electron chi connectivity index (χ4n) is 1.85. The van der Waals surface area contributed by atoms with Crippen molar-refractivity contribution in [2.45, 2.75) is 25.7 Å². The molecule has 1 unspecified atom stereocenters. The van der Waals surface area contributed by atoms with Gasteiger partial charge >= 0.3 is 0 Å². The zero-order valence-corrected chi connectivity index (χ0v) is 8.62. The van der Waals surface area contributed by atoms with Gasteiger partial charge in [-0.3, -0.25) is 4.79 Å². The molecule has 1 amide bonds. The largest absolute Gasteiger partial charge is 0.325 e. The van der Waals surface area contributed by atoms with E-state index in [0.29, 0.717) is 6.42 Å². The van der Waals surface area contributed by atoms with Gasteiger partial charge in [0.1, 0.15) is 6.29 Å². The highest BCUT2D eigenvalue weighted by molar-refractivity contribution is 6.02. The molecule has 0 aromatic heterocycles. The lowest BCUT2D eigenvalue weighted by atomic mass is 9.99. The second-order valence-electron chi connectivity index (χ2n) is 3.84. The van der Waals surface area contributed by atoms with E-state index in [1.54, 1.807) is 0 Å². The van der Waals surface area contributed by atoms with Crippen molar-refractivity contribution in [3.8, 4) is 0 Å². The quantitative estimate of drug-likeness (QED) is 0.762. The molecule has 3 heteroatoms. The molecule has 0 fully saturated rings. The van der Waals surface area contributed by atoms with Crippen molar-refractivity contribution in [2.75, 3.05) is 5.32 Å². The van der Waals surface area contributed by atoms with Crippen LogP contribution in [0.3, 0.4) is 0 Å².